The van der Waals surface area contributed by atoms with Gasteiger partial charge in [0.25, 0.3) is 0 Å². The average Bonchev–Trinajstić information content (AvgIpc) is 2.64. The van der Waals surface area contributed by atoms with Gasteiger partial charge < -0.3 is 10.1 Å². The van der Waals surface area contributed by atoms with Gasteiger partial charge in [0.1, 0.15) is 11.6 Å². The molecule has 15 heavy (non-hydrogen) atoms. The Labute approximate surface area is 87.2 Å². The van der Waals surface area contributed by atoms with E-state index in [4.69, 9.17) is 4.74 Å². The molecule has 1 saturated heterocycles. The van der Waals surface area contributed by atoms with E-state index in [0.717, 1.165) is 12.0 Å². The average molecular weight is 209 g/mol. The molecule has 0 spiro atoms. The van der Waals surface area contributed by atoms with Crippen molar-refractivity contribution in [2.45, 2.75) is 12.3 Å². The highest BCUT2D eigenvalue weighted by atomic mass is 19.1. The van der Waals surface area contributed by atoms with Gasteiger partial charge in [0.15, 0.2) is 0 Å². The number of nitrogens with one attached hydrogen (secondary N) is 1. The molecule has 0 saturated carbocycles. The van der Waals surface area contributed by atoms with Gasteiger partial charge in [-0.05, 0) is 12.5 Å². The standard InChI is InChI=1S/C11H12FNO2/c1-15-10-6-7(12)2-3-8(10)9-4-5-13-11(9)14/h2-3,6,9H,4-5H2,1H3,(H,13,14). The third-order valence-corrected chi connectivity index (χ3v) is 2.62. The number of ether oxygens (including phenoxy) is 1. The van der Waals surface area contributed by atoms with E-state index in [2.05, 4.69) is 5.32 Å². The van der Waals surface area contributed by atoms with Crippen molar-refractivity contribution in [3.8, 4) is 5.75 Å². The normalized spacial score (nSPS) is 20.1. The summed E-state index contributed by atoms with van der Waals surface area (Å²) >= 11 is 0. The number of methoxy groups -OCH3 is 1. The first kappa shape index (κ1) is 9.96. The van der Waals surface area contributed by atoms with Crippen LogP contribution in [0.3, 0.4) is 0 Å². The molecule has 1 aromatic carbocycles. The van der Waals surface area contributed by atoms with Crippen LogP contribution in [0.5, 0.6) is 5.75 Å². The van der Waals surface area contributed by atoms with Gasteiger partial charge in [0, 0.05) is 18.2 Å². The summed E-state index contributed by atoms with van der Waals surface area (Å²) in [6, 6.07) is 4.27. The minimum Gasteiger partial charge on any atom is -0.496 e. The highest BCUT2D eigenvalue weighted by Crippen LogP contribution is 2.31. The van der Waals surface area contributed by atoms with Gasteiger partial charge in [-0.2, -0.15) is 0 Å². The Bertz CT molecular complexity index is 392. The fourth-order valence-electron chi connectivity index (χ4n) is 1.86. The van der Waals surface area contributed by atoms with Gasteiger partial charge in [-0.1, -0.05) is 6.07 Å². The Balaban J connectivity index is 2.38. The van der Waals surface area contributed by atoms with Crippen LogP contribution < -0.4 is 10.1 Å². The van der Waals surface area contributed by atoms with E-state index >= 15 is 0 Å². The van der Waals surface area contributed by atoms with E-state index in [1.807, 2.05) is 0 Å². The zero-order valence-corrected chi connectivity index (χ0v) is 8.42. The van der Waals surface area contributed by atoms with E-state index in [1.54, 1.807) is 6.07 Å². The van der Waals surface area contributed by atoms with Gasteiger partial charge >= 0.3 is 0 Å². The molecular formula is C11H12FNO2. The lowest BCUT2D eigenvalue weighted by Crippen LogP contribution is -2.18. The Morgan fingerprint density at radius 1 is 1.53 bits per heavy atom. The molecule has 0 aliphatic carbocycles. The summed E-state index contributed by atoms with van der Waals surface area (Å²) in [5.74, 6) is -0.133. The molecule has 1 aliphatic rings. The molecule has 1 aliphatic heterocycles. The number of carbonyl (C=O) groups excluding carboxylic acids is 1. The van der Waals surface area contributed by atoms with Crippen LogP contribution in [0.15, 0.2) is 18.2 Å². The van der Waals surface area contributed by atoms with E-state index < -0.39 is 0 Å². The summed E-state index contributed by atoms with van der Waals surface area (Å²) in [6.45, 7) is 0.671. The summed E-state index contributed by atoms with van der Waals surface area (Å²) in [7, 11) is 1.48. The molecule has 1 heterocycles. The fraction of sp³-hybridized carbons (Fsp3) is 0.364. The number of amides is 1. The molecule has 0 aromatic heterocycles. The molecule has 80 valence electrons. The fourth-order valence-corrected chi connectivity index (χ4v) is 1.86. The van der Waals surface area contributed by atoms with Crippen LogP contribution >= 0.6 is 0 Å². The molecule has 1 fully saturated rings. The highest BCUT2D eigenvalue weighted by molar-refractivity contribution is 5.86. The second-order valence-corrected chi connectivity index (χ2v) is 3.52. The topological polar surface area (TPSA) is 38.3 Å². The van der Waals surface area contributed by atoms with Gasteiger partial charge in [-0.15, -0.1) is 0 Å². The zero-order chi connectivity index (χ0) is 10.8. The lowest BCUT2D eigenvalue weighted by Gasteiger charge is -2.12. The molecule has 0 radical (unpaired) electrons. The summed E-state index contributed by atoms with van der Waals surface area (Å²) in [4.78, 5) is 11.5. The summed E-state index contributed by atoms with van der Waals surface area (Å²) < 4.78 is 18.0. The number of benzene rings is 1. The van der Waals surface area contributed by atoms with Gasteiger partial charge in [0.05, 0.1) is 13.0 Å². The quantitative estimate of drug-likeness (QED) is 0.800. The van der Waals surface area contributed by atoms with Crippen molar-refractivity contribution in [2.75, 3.05) is 13.7 Å². The predicted molar refractivity (Wildman–Crippen MR) is 53.3 cm³/mol. The molecular weight excluding hydrogens is 197 g/mol. The number of hydrogen-bond acceptors (Lipinski definition) is 2. The highest BCUT2D eigenvalue weighted by Gasteiger charge is 2.28. The van der Waals surface area contributed by atoms with Crippen molar-refractivity contribution in [2.24, 2.45) is 0 Å². The van der Waals surface area contributed by atoms with Crippen LogP contribution in [-0.4, -0.2) is 19.6 Å². The van der Waals surface area contributed by atoms with Crippen LogP contribution in [-0.2, 0) is 4.79 Å². The third-order valence-electron chi connectivity index (χ3n) is 2.62. The van der Waals surface area contributed by atoms with Crippen molar-refractivity contribution in [3.05, 3.63) is 29.6 Å². The molecule has 2 rings (SSSR count). The summed E-state index contributed by atoms with van der Waals surface area (Å²) in [5, 5.41) is 2.75. The maximum Gasteiger partial charge on any atom is 0.227 e. The molecule has 1 amide bonds. The number of rotatable bonds is 2. The lowest BCUT2D eigenvalue weighted by molar-refractivity contribution is -0.120. The van der Waals surface area contributed by atoms with Crippen molar-refractivity contribution in [1.29, 1.82) is 0 Å². The Morgan fingerprint density at radius 2 is 2.33 bits per heavy atom. The second kappa shape index (κ2) is 3.88. The van der Waals surface area contributed by atoms with Crippen LogP contribution in [0, 0.1) is 5.82 Å². The van der Waals surface area contributed by atoms with E-state index in [-0.39, 0.29) is 17.6 Å². The first-order valence-electron chi connectivity index (χ1n) is 4.83. The number of carbonyl (C=O) groups is 1. The van der Waals surface area contributed by atoms with E-state index in [0.29, 0.717) is 12.3 Å². The van der Waals surface area contributed by atoms with Crippen molar-refractivity contribution in [1.82, 2.24) is 5.32 Å². The summed E-state index contributed by atoms with van der Waals surface area (Å²) in [6.07, 6.45) is 0.737. The van der Waals surface area contributed by atoms with Gasteiger partial charge in [-0.3, -0.25) is 4.79 Å². The van der Waals surface area contributed by atoms with Gasteiger partial charge in [0.2, 0.25) is 5.91 Å². The van der Waals surface area contributed by atoms with Crippen molar-refractivity contribution in [3.63, 3.8) is 0 Å². The number of hydrogen-bond donors (Lipinski definition) is 1. The first-order valence-corrected chi connectivity index (χ1v) is 4.83. The second-order valence-electron chi connectivity index (χ2n) is 3.52. The molecule has 1 N–H and O–H groups in total. The molecule has 1 atom stereocenters. The molecule has 4 heteroatoms. The zero-order valence-electron chi connectivity index (χ0n) is 8.42. The first-order chi connectivity index (χ1) is 7.22. The van der Waals surface area contributed by atoms with E-state index in [9.17, 15) is 9.18 Å². The van der Waals surface area contributed by atoms with Crippen LogP contribution in [0.1, 0.15) is 17.9 Å². The van der Waals surface area contributed by atoms with Gasteiger partial charge in [-0.25, -0.2) is 4.39 Å². The lowest BCUT2D eigenvalue weighted by atomic mass is 9.97. The Morgan fingerprint density at radius 3 is 2.93 bits per heavy atom. The Hall–Kier alpha value is -1.58. The molecule has 1 unspecified atom stereocenters. The summed E-state index contributed by atoms with van der Waals surface area (Å²) in [5.41, 5.74) is 0.758. The monoisotopic (exact) mass is 209 g/mol. The van der Waals surface area contributed by atoms with Crippen LogP contribution in [0.2, 0.25) is 0 Å². The van der Waals surface area contributed by atoms with E-state index in [1.165, 1.54) is 19.2 Å². The van der Waals surface area contributed by atoms with Crippen LogP contribution in [0.4, 0.5) is 4.39 Å². The smallest absolute Gasteiger partial charge is 0.227 e. The number of halogens is 1. The maximum absolute atomic E-state index is 12.9. The molecule has 3 nitrogen and oxygen atoms in total. The molecule has 0 bridgehead atoms. The predicted octanol–water partition coefficient (Wildman–Crippen LogP) is 1.44. The van der Waals surface area contributed by atoms with Crippen molar-refractivity contribution >= 4 is 5.91 Å². The van der Waals surface area contributed by atoms with Crippen molar-refractivity contribution < 1.29 is 13.9 Å². The minimum absolute atomic E-state index is 0.0140. The molecule has 1 aromatic rings. The maximum atomic E-state index is 12.9. The third kappa shape index (κ3) is 1.79. The van der Waals surface area contributed by atoms with Crippen LogP contribution in [0.25, 0.3) is 0 Å². The Kier molecular flexibility index (Phi) is 2.58. The largest absolute Gasteiger partial charge is 0.496 e. The minimum atomic E-state index is -0.353. The SMILES string of the molecule is COc1cc(F)ccc1C1CCNC1=O.